The molecule has 0 radical (unpaired) electrons. The first-order chi connectivity index (χ1) is 31.5. The summed E-state index contributed by atoms with van der Waals surface area (Å²) in [6, 6.07) is 0. The van der Waals surface area contributed by atoms with Gasteiger partial charge in [-0.05, 0) is 44.9 Å². The van der Waals surface area contributed by atoms with E-state index >= 15 is 0 Å². The Morgan fingerprint density at radius 3 is 0.906 bits per heavy atom. The van der Waals surface area contributed by atoms with Crippen molar-refractivity contribution in [1.82, 2.24) is 0 Å². The van der Waals surface area contributed by atoms with Crippen LogP contribution in [-0.4, -0.2) is 37.2 Å². The number of esters is 3. The van der Waals surface area contributed by atoms with Crippen LogP contribution in [0.3, 0.4) is 0 Å². The van der Waals surface area contributed by atoms with Gasteiger partial charge >= 0.3 is 17.9 Å². The smallest absolute Gasteiger partial charge is 0.306 e. The molecule has 1 atom stereocenters. The highest BCUT2D eigenvalue weighted by atomic mass is 16.6. The Balaban J connectivity index is 4.08. The van der Waals surface area contributed by atoms with Gasteiger partial charge < -0.3 is 14.2 Å². The number of unbranched alkanes of at least 4 members (excludes halogenated alkanes) is 37. The third kappa shape index (κ3) is 50.9. The van der Waals surface area contributed by atoms with Gasteiger partial charge in [-0.15, -0.1) is 0 Å². The zero-order valence-corrected chi connectivity index (χ0v) is 43.1. The van der Waals surface area contributed by atoms with Crippen LogP contribution in [-0.2, 0) is 28.6 Å². The lowest BCUT2D eigenvalue weighted by atomic mass is 10.0. The topological polar surface area (TPSA) is 78.9 Å². The zero-order chi connectivity index (χ0) is 46.5. The summed E-state index contributed by atoms with van der Waals surface area (Å²) in [6.45, 7) is 6.58. The standard InChI is InChI=1S/C58H108O6/c1-4-7-10-13-16-18-20-22-24-25-26-27-28-29-30-31-32-33-34-36-37-39-42-45-48-51-57(60)63-54-55(53-62-56(59)50-47-44-41-15-12-9-6-3)64-58(61)52-49-46-43-40-38-35-23-21-19-17-14-11-8-5-2/h14,17,21,23,55H,4-13,15-16,18-20,22,24-54H2,1-3H3/b17-14-,23-21-. The molecule has 0 spiro atoms. The van der Waals surface area contributed by atoms with Gasteiger partial charge in [-0.25, -0.2) is 0 Å². The van der Waals surface area contributed by atoms with Crippen molar-refractivity contribution in [1.29, 1.82) is 0 Å². The molecule has 0 aliphatic carbocycles. The number of allylic oxidation sites excluding steroid dienone is 4. The van der Waals surface area contributed by atoms with Gasteiger partial charge in [0.05, 0.1) is 0 Å². The number of ether oxygens (including phenoxy) is 3. The predicted octanol–water partition coefficient (Wildman–Crippen LogP) is 18.7. The van der Waals surface area contributed by atoms with Gasteiger partial charge in [0.15, 0.2) is 6.10 Å². The van der Waals surface area contributed by atoms with Crippen LogP contribution in [0.2, 0.25) is 0 Å². The first-order valence-electron chi connectivity index (χ1n) is 28.3. The van der Waals surface area contributed by atoms with Gasteiger partial charge in [0, 0.05) is 19.3 Å². The second-order valence-corrected chi connectivity index (χ2v) is 19.2. The molecule has 1 unspecified atom stereocenters. The number of carbonyl (C=O) groups is 3. The van der Waals surface area contributed by atoms with Crippen molar-refractivity contribution in [2.75, 3.05) is 13.2 Å². The highest BCUT2D eigenvalue weighted by molar-refractivity contribution is 5.71. The molecule has 0 aromatic rings. The first-order valence-corrected chi connectivity index (χ1v) is 28.3. The molecule has 0 aromatic heterocycles. The second-order valence-electron chi connectivity index (χ2n) is 19.2. The monoisotopic (exact) mass is 901 g/mol. The second kappa shape index (κ2) is 53.5. The Morgan fingerprint density at radius 1 is 0.312 bits per heavy atom. The van der Waals surface area contributed by atoms with Crippen LogP contribution in [0.4, 0.5) is 0 Å². The summed E-state index contributed by atoms with van der Waals surface area (Å²) in [7, 11) is 0. The van der Waals surface area contributed by atoms with Gasteiger partial charge in [0.1, 0.15) is 13.2 Å². The Kier molecular flexibility index (Phi) is 51.7. The summed E-state index contributed by atoms with van der Waals surface area (Å²) in [5.74, 6) is -0.878. The lowest BCUT2D eigenvalue weighted by Gasteiger charge is -2.18. The molecule has 0 fully saturated rings. The lowest BCUT2D eigenvalue weighted by molar-refractivity contribution is -0.167. The molecular weight excluding hydrogens is 793 g/mol. The fraction of sp³-hybridized carbons (Fsp3) is 0.879. The van der Waals surface area contributed by atoms with Gasteiger partial charge in [-0.1, -0.05) is 270 Å². The molecule has 0 bridgehead atoms. The largest absolute Gasteiger partial charge is 0.462 e. The van der Waals surface area contributed by atoms with Crippen LogP contribution in [0.5, 0.6) is 0 Å². The predicted molar refractivity (Wildman–Crippen MR) is 275 cm³/mol. The molecule has 0 aliphatic heterocycles. The summed E-state index contributed by atoms with van der Waals surface area (Å²) in [5.41, 5.74) is 0. The Hall–Kier alpha value is -2.11. The number of hydrogen-bond acceptors (Lipinski definition) is 6. The van der Waals surface area contributed by atoms with Crippen LogP contribution in [0.25, 0.3) is 0 Å². The quantitative estimate of drug-likeness (QED) is 0.0262. The number of hydrogen-bond donors (Lipinski definition) is 0. The minimum atomic E-state index is -0.771. The Labute approximate surface area is 398 Å². The SMILES string of the molecule is CCCC/C=C\C/C=C\CCCCCCCC(=O)OC(COC(=O)CCCCCCCCC)COC(=O)CCCCCCCCCCCCCCCCCCCCCCCCCCC. The average Bonchev–Trinajstić information content (AvgIpc) is 3.29. The summed E-state index contributed by atoms with van der Waals surface area (Å²) >= 11 is 0. The van der Waals surface area contributed by atoms with Crippen molar-refractivity contribution in [2.24, 2.45) is 0 Å². The van der Waals surface area contributed by atoms with Gasteiger partial charge in [0.2, 0.25) is 0 Å². The molecule has 0 saturated heterocycles. The third-order valence-corrected chi connectivity index (χ3v) is 12.7. The minimum Gasteiger partial charge on any atom is -0.462 e. The van der Waals surface area contributed by atoms with Crippen LogP contribution in [0, 0.1) is 0 Å². The van der Waals surface area contributed by atoms with E-state index in [2.05, 4.69) is 45.1 Å². The van der Waals surface area contributed by atoms with Crippen LogP contribution in [0.15, 0.2) is 24.3 Å². The highest BCUT2D eigenvalue weighted by Gasteiger charge is 2.19. The molecule has 0 amide bonds. The van der Waals surface area contributed by atoms with Crippen molar-refractivity contribution < 1.29 is 28.6 Å². The fourth-order valence-corrected chi connectivity index (χ4v) is 8.40. The van der Waals surface area contributed by atoms with Crippen molar-refractivity contribution in [3.8, 4) is 0 Å². The lowest BCUT2D eigenvalue weighted by Crippen LogP contribution is -2.30. The van der Waals surface area contributed by atoms with E-state index in [1.165, 1.54) is 186 Å². The Bertz CT molecular complexity index is 1040. The van der Waals surface area contributed by atoms with Crippen LogP contribution < -0.4 is 0 Å². The maximum absolute atomic E-state index is 12.8. The van der Waals surface area contributed by atoms with Gasteiger partial charge in [0.25, 0.3) is 0 Å². The highest BCUT2D eigenvalue weighted by Crippen LogP contribution is 2.17. The van der Waals surface area contributed by atoms with E-state index < -0.39 is 6.10 Å². The van der Waals surface area contributed by atoms with E-state index in [-0.39, 0.29) is 31.1 Å². The summed E-state index contributed by atoms with van der Waals surface area (Å²) in [6.07, 6.45) is 62.0. The molecule has 0 rings (SSSR count). The van der Waals surface area contributed by atoms with E-state index in [9.17, 15) is 14.4 Å². The van der Waals surface area contributed by atoms with Crippen molar-refractivity contribution in [3.05, 3.63) is 24.3 Å². The van der Waals surface area contributed by atoms with Crippen molar-refractivity contribution >= 4 is 17.9 Å². The maximum Gasteiger partial charge on any atom is 0.306 e. The molecule has 64 heavy (non-hydrogen) atoms. The first kappa shape index (κ1) is 61.9. The molecule has 6 nitrogen and oxygen atoms in total. The molecule has 6 heteroatoms. The van der Waals surface area contributed by atoms with Crippen LogP contribution >= 0.6 is 0 Å². The van der Waals surface area contributed by atoms with Crippen molar-refractivity contribution in [2.45, 2.75) is 316 Å². The fourth-order valence-electron chi connectivity index (χ4n) is 8.40. The zero-order valence-electron chi connectivity index (χ0n) is 43.1. The molecule has 0 heterocycles. The van der Waals surface area contributed by atoms with Crippen molar-refractivity contribution in [3.63, 3.8) is 0 Å². The van der Waals surface area contributed by atoms with Crippen LogP contribution in [0.1, 0.15) is 310 Å². The molecule has 0 aromatic carbocycles. The van der Waals surface area contributed by atoms with E-state index in [1.54, 1.807) is 0 Å². The third-order valence-electron chi connectivity index (χ3n) is 12.7. The number of carbonyl (C=O) groups excluding carboxylic acids is 3. The molecular formula is C58H108O6. The molecule has 0 aliphatic rings. The summed E-state index contributed by atoms with van der Waals surface area (Å²) in [4.78, 5) is 37.8. The normalized spacial score (nSPS) is 12.1. The maximum atomic E-state index is 12.8. The van der Waals surface area contributed by atoms with E-state index in [4.69, 9.17) is 14.2 Å². The van der Waals surface area contributed by atoms with E-state index in [0.717, 1.165) is 83.5 Å². The summed E-state index contributed by atoms with van der Waals surface area (Å²) in [5, 5.41) is 0. The molecule has 0 saturated carbocycles. The van der Waals surface area contributed by atoms with E-state index in [0.29, 0.717) is 19.3 Å². The van der Waals surface area contributed by atoms with Gasteiger partial charge in [-0.2, -0.15) is 0 Å². The van der Waals surface area contributed by atoms with E-state index in [1.807, 2.05) is 0 Å². The summed E-state index contributed by atoms with van der Waals surface area (Å²) < 4.78 is 16.8. The number of rotatable bonds is 52. The van der Waals surface area contributed by atoms with Gasteiger partial charge in [-0.3, -0.25) is 14.4 Å². The molecule has 0 N–H and O–H groups in total. The Morgan fingerprint density at radius 2 is 0.578 bits per heavy atom. The minimum absolute atomic E-state index is 0.0726. The molecule has 376 valence electrons. The average molecular weight is 901 g/mol.